The molecule has 0 amide bonds. The lowest BCUT2D eigenvalue weighted by Gasteiger charge is -2.14. The summed E-state index contributed by atoms with van der Waals surface area (Å²) < 4.78 is 91.9. The van der Waals surface area contributed by atoms with Crippen LogP contribution in [0.2, 0.25) is 0 Å². The Kier molecular flexibility index (Phi) is 3.28. The zero-order valence-corrected chi connectivity index (χ0v) is 5.73. The van der Waals surface area contributed by atoms with Gasteiger partial charge in [0.15, 0.2) is 5.57 Å². The summed E-state index contributed by atoms with van der Waals surface area (Å²) in [6.45, 7) is -2.44. The van der Waals surface area contributed by atoms with E-state index in [0.717, 1.165) is 0 Å². The molecule has 0 rings (SSSR count). The van der Waals surface area contributed by atoms with Crippen molar-refractivity contribution in [3.63, 3.8) is 0 Å². The third-order valence-electron chi connectivity index (χ3n) is 0.956. The Balaban J connectivity index is 5.25. The zero-order chi connectivity index (χ0) is 10.9. The predicted molar refractivity (Wildman–Crippen MR) is 26.2 cm³/mol. The van der Waals surface area contributed by atoms with Crippen molar-refractivity contribution in [2.75, 3.05) is 6.67 Å². The molecule has 78 valence electrons. The maximum absolute atomic E-state index is 11.9. The van der Waals surface area contributed by atoms with Gasteiger partial charge in [-0.05, 0) is 0 Å². The highest BCUT2D eigenvalue weighted by Gasteiger charge is 2.53. The van der Waals surface area contributed by atoms with Gasteiger partial charge in [0, 0.05) is 0 Å². The summed E-state index contributed by atoms with van der Waals surface area (Å²) in [7, 11) is 0. The number of hydrogen-bond acceptors (Lipinski definition) is 0. The Labute approximate surface area is 66.8 Å². The van der Waals surface area contributed by atoms with E-state index in [4.69, 9.17) is 0 Å². The van der Waals surface area contributed by atoms with Crippen LogP contribution in [0.3, 0.4) is 0 Å². The molecule has 0 aromatic carbocycles. The first-order chi connectivity index (χ1) is 5.60. The summed E-state index contributed by atoms with van der Waals surface area (Å²) in [6.07, 6.45) is -11.9. The molecule has 0 unspecified atom stereocenters. The van der Waals surface area contributed by atoms with Gasteiger partial charge in [-0.2, -0.15) is 26.3 Å². The van der Waals surface area contributed by atoms with E-state index in [1.165, 1.54) is 0 Å². The van der Waals surface area contributed by atoms with Gasteiger partial charge in [0.05, 0.1) is 0 Å². The lowest BCUT2D eigenvalue weighted by molar-refractivity contribution is -0.174. The number of allylic oxidation sites excluding steroid dienone is 2. The van der Waals surface area contributed by atoms with E-state index >= 15 is 0 Å². The van der Waals surface area contributed by atoms with Crippen molar-refractivity contribution in [2.45, 2.75) is 12.4 Å². The molecule has 0 aliphatic rings. The first kappa shape index (κ1) is 12.2. The van der Waals surface area contributed by atoms with Crippen LogP contribution in [0.25, 0.3) is 0 Å². The summed E-state index contributed by atoms with van der Waals surface area (Å²) in [5.74, 6) is -2.86. The number of rotatable bonds is 1. The Morgan fingerprint density at radius 3 is 1.23 bits per heavy atom. The SMILES string of the molecule is FCC(F)=C(C(F)(F)F)C(F)(F)F. The van der Waals surface area contributed by atoms with Crippen LogP contribution in [-0.4, -0.2) is 19.0 Å². The summed E-state index contributed by atoms with van der Waals surface area (Å²) in [6, 6.07) is 0. The fourth-order valence-corrected chi connectivity index (χ4v) is 0.535. The molecular weight excluding hydrogens is 212 g/mol. The van der Waals surface area contributed by atoms with Gasteiger partial charge >= 0.3 is 12.4 Å². The number of hydrogen-bond donors (Lipinski definition) is 0. The van der Waals surface area contributed by atoms with E-state index in [2.05, 4.69) is 0 Å². The van der Waals surface area contributed by atoms with Gasteiger partial charge in [-0.15, -0.1) is 0 Å². The minimum atomic E-state index is -5.94. The van der Waals surface area contributed by atoms with Crippen LogP contribution >= 0.6 is 0 Å². The lowest BCUT2D eigenvalue weighted by Crippen LogP contribution is -2.27. The van der Waals surface area contributed by atoms with Crippen LogP contribution in [0.1, 0.15) is 0 Å². The average molecular weight is 214 g/mol. The summed E-state index contributed by atoms with van der Waals surface area (Å²) in [5.41, 5.74) is -3.43. The van der Waals surface area contributed by atoms with E-state index in [9.17, 15) is 35.1 Å². The molecule has 0 saturated carbocycles. The van der Waals surface area contributed by atoms with E-state index < -0.39 is 30.4 Å². The molecule has 13 heavy (non-hydrogen) atoms. The molecule has 0 radical (unpaired) electrons. The maximum Gasteiger partial charge on any atom is 0.423 e. The molecule has 0 N–H and O–H groups in total. The minimum Gasteiger partial charge on any atom is -0.243 e. The molecule has 0 aliphatic heterocycles. The topological polar surface area (TPSA) is 0 Å². The Morgan fingerprint density at radius 1 is 0.846 bits per heavy atom. The molecule has 0 atom stereocenters. The van der Waals surface area contributed by atoms with Crippen molar-refractivity contribution in [1.29, 1.82) is 0 Å². The van der Waals surface area contributed by atoms with Gasteiger partial charge in [-0.3, -0.25) is 0 Å². The highest BCUT2D eigenvalue weighted by molar-refractivity contribution is 5.19. The molecule has 0 fully saturated rings. The zero-order valence-electron chi connectivity index (χ0n) is 5.73. The van der Waals surface area contributed by atoms with E-state index in [1.807, 2.05) is 0 Å². The molecule has 0 aromatic rings. The van der Waals surface area contributed by atoms with Gasteiger partial charge in [-0.1, -0.05) is 0 Å². The van der Waals surface area contributed by atoms with E-state index in [-0.39, 0.29) is 0 Å². The molecule has 8 heteroatoms. The largest absolute Gasteiger partial charge is 0.423 e. The second kappa shape index (κ2) is 3.51. The van der Waals surface area contributed by atoms with Crippen LogP contribution in [0.5, 0.6) is 0 Å². The third kappa shape index (κ3) is 3.19. The summed E-state index contributed by atoms with van der Waals surface area (Å²) >= 11 is 0. The van der Waals surface area contributed by atoms with Crippen molar-refractivity contribution in [1.82, 2.24) is 0 Å². The first-order valence-electron chi connectivity index (χ1n) is 2.69. The van der Waals surface area contributed by atoms with Crippen molar-refractivity contribution in [3.8, 4) is 0 Å². The van der Waals surface area contributed by atoms with Gasteiger partial charge in [-0.25, -0.2) is 8.78 Å². The fourth-order valence-electron chi connectivity index (χ4n) is 0.535. The maximum atomic E-state index is 11.9. The van der Waals surface area contributed by atoms with Crippen LogP contribution in [-0.2, 0) is 0 Å². The Hall–Kier alpha value is -0.820. The van der Waals surface area contributed by atoms with Crippen molar-refractivity contribution in [2.24, 2.45) is 0 Å². The molecule has 0 aromatic heterocycles. The second-order valence-corrected chi connectivity index (χ2v) is 1.91. The van der Waals surface area contributed by atoms with Crippen LogP contribution in [0.15, 0.2) is 11.4 Å². The highest BCUT2D eigenvalue weighted by Crippen LogP contribution is 2.40. The van der Waals surface area contributed by atoms with Crippen LogP contribution in [0, 0.1) is 0 Å². The molecular formula is C5H2F8. The monoisotopic (exact) mass is 214 g/mol. The van der Waals surface area contributed by atoms with Gasteiger partial charge in [0.1, 0.15) is 12.5 Å². The highest BCUT2D eigenvalue weighted by atomic mass is 19.4. The number of alkyl halides is 7. The smallest absolute Gasteiger partial charge is 0.243 e. The Bertz CT molecular complexity index is 190. The molecule has 0 saturated heterocycles. The van der Waals surface area contributed by atoms with Crippen molar-refractivity contribution >= 4 is 0 Å². The van der Waals surface area contributed by atoms with Crippen LogP contribution in [0.4, 0.5) is 35.1 Å². The first-order valence-corrected chi connectivity index (χ1v) is 2.69. The normalized spacial score (nSPS) is 12.9. The van der Waals surface area contributed by atoms with E-state index in [1.54, 1.807) is 0 Å². The quantitative estimate of drug-likeness (QED) is 0.587. The number of halogens is 8. The van der Waals surface area contributed by atoms with Crippen molar-refractivity contribution in [3.05, 3.63) is 11.4 Å². The summed E-state index contributed by atoms with van der Waals surface area (Å²) in [5, 5.41) is 0. The van der Waals surface area contributed by atoms with E-state index in [0.29, 0.717) is 0 Å². The standard InChI is InChI=1S/C5H2F8/c6-1-2(7)3(4(8,9)10)5(11,12)13/h1H2. The Morgan fingerprint density at radius 2 is 1.15 bits per heavy atom. The van der Waals surface area contributed by atoms with Gasteiger partial charge < -0.3 is 0 Å². The van der Waals surface area contributed by atoms with Crippen molar-refractivity contribution < 1.29 is 35.1 Å². The minimum absolute atomic E-state index is 2.44. The van der Waals surface area contributed by atoms with Gasteiger partial charge in [0.2, 0.25) is 0 Å². The molecule has 0 heterocycles. The predicted octanol–water partition coefficient (Wildman–Crippen LogP) is 3.30. The lowest BCUT2D eigenvalue weighted by atomic mass is 10.2. The average Bonchev–Trinajstić information content (AvgIpc) is 1.80. The second-order valence-electron chi connectivity index (χ2n) is 1.91. The van der Waals surface area contributed by atoms with Gasteiger partial charge in [0.25, 0.3) is 0 Å². The third-order valence-corrected chi connectivity index (χ3v) is 0.956. The molecule has 0 aliphatic carbocycles. The molecule has 0 bridgehead atoms. The fraction of sp³-hybridized carbons (Fsp3) is 0.600. The molecule has 0 nitrogen and oxygen atoms in total. The summed E-state index contributed by atoms with van der Waals surface area (Å²) in [4.78, 5) is 0. The molecule has 0 spiro atoms. The van der Waals surface area contributed by atoms with Crippen LogP contribution < -0.4 is 0 Å².